The highest BCUT2D eigenvalue weighted by atomic mass is 32.2. The molecule has 4 rings (SSSR count). The van der Waals surface area contributed by atoms with E-state index in [0.29, 0.717) is 11.7 Å². The van der Waals surface area contributed by atoms with Gasteiger partial charge in [-0.05, 0) is 48.2 Å². The monoisotopic (exact) mass is 423 g/mol. The molecule has 3 aromatic rings. The predicted octanol–water partition coefficient (Wildman–Crippen LogP) is 4.69. The van der Waals surface area contributed by atoms with Crippen LogP contribution in [0.3, 0.4) is 0 Å². The van der Waals surface area contributed by atoms with E-state index in [2.05, 4.69) is 48.4 Å². The third-order valence-corrected chi connectivity index (χ3v) is 6.02. The van der Waals surface area contributed by atoms with Crippen LogP contribution in [-0.2, 0) is 4.79 Å². The summed E-state index contributed by atoms with van der Waals surface area (Å²) in [5.41, 5.74) is 3.31. The standard InChI is InChI=1S/C23H25N3O3S/c1-15(2)17-4-7-19(8-5-17)26-11-10-24-23(26)30-13-22(27)25-16(3)18-6-9-20-21(12-18)29-14-28-20/h4-12,15-16H,13-14H2,1-3H3,(H,25,27). The summed E-state index contributed by atoms with van der Waals surface area (Å²) in [6.07, 6.45) is 3.67. The molecule has 0 radical (unpaired) electrons. The molecule has 2 aromatic carbocycles. The zero-order chi connectivity index (χ0) is 21.1. The predicted molar refractivity (Wildman–Crippen MR) is 117 cm³/mol. The number of hydrogen-bond donors (Lipinski definition) is 1. The summed E-state index contributed by atoms with van der Waals surface area (Å²) >= 11 is 1.42. The number of fused-ring (bicyclic) bond motifs is 1. The lowest BCUT2D eigenvalue weighted by molar-refractivity contribution is -0.119. The van der Waals surface area contributed by atoms with E-state index in [1.165, 1.54) is 17.3 Å². The maximum absolute atomic E-state index is 12.5. The second-order valence-electron chi connectivity index (χ2n) is 7.52. The Bertz CT molecular complexity index is 1030. The molecule has 0 fully saturated rings. The number of ether oxygens (including phenoxy) is 2. The first-order valence-corrected chi connectivity index (χ1v) is 10.9. The Morgan fingerprint density at radius 3 is 2.60 bits per heavy atom. The second kappa shape index (κ2) is 8.83. The van der Waals surface area contributed by atoms with Gasteiger partial charge in [-0.3, -0.25) is 9.36 Å². The van der Waals surface area contributed by atoms with Gasteiger partial charge in [-0.1, -0.05) is 43.8 Å². The lowest BCUT2D eigenvalue weighted by Gasteiger charge is -2.15. The molecule has 30 heavy (non-hydrogen) atoms. The lowest BCUT2D eigenvalue weighted by Crippen LogP contribution is -2.28. The normalized spacial score (nSPS) is 13.5. The minimum absolute atomic E-state index is 0.0464. The van der Waals surface area contributed by atoms with Crippen LogP contribution in [0.15, 0.2) is 60.0 Å². The Labute approximate surface area is 180 Å². The number of nitrogens with zero attached hydrogens (tertiary/aromatic N) is 2. The smallest absolute Gasteiger partial charge is 0.231 e. The van der Waals surface area contributed by atoms with Crippen molar-refractivity contribution in [2.75, 3.05) is 12.5 Å². The molecule has 1 amide bonds. The minimum atomic E-state index is -0.129. The first-order chi connectivity index (χ1) is 14.5. The number of rotatable bonds is 7. The first kappa shape index (κ1) is 20.3. The molecule has 1 aromatic heterocycles. The van der Waals surface area contributed by atoms with Crippen LogP contribution in [0.25, 0.3) is 5.69 Å². The van der Waals surface area contributed by atoms with E-state index in [0.717, 1.165) is 22.2 Å². The Hall–Kier alpha value is -2.93. The Morgan fingerprint density at radius 1 is 1.10 bits per heavy atom. The van der Waals surface area contributed by atoms with Crippen molar-refractivity contribution in [1.29, 1.82) is 0 Å². The minimum Gasteiger partial charge on any atom is -0.454 e. The number of carbonyl (C=O) groups is 1. The van der Waals surface area contributed by atoms with E-state index in [-0.39, 0.29) is 24.5 Å². The maximum Gasteiger partial charge on any atom is 0.231 e. The molecule has 0 saturated carbocycles. The van der Waals surface area contributed by atoms with Gasteiger partial charge in [0.05, 0.1) is 11.8 Å². The Kier molecular flexibility index (Phi) is 5.99. The summed E-state index contributed by atoms with van der Waals surface area (Å²) in [4.78, 5) is 16.9. The summed E-state index contributed by atoms with van der Waals surface area (Å²) in [6, 6.07) is 14.0. The van der Waals surface area contributed by atoms with Crippen LogP contribution in [0.1, 0.15) is 43.9 Å². The number of benzene rings is 2. The topological polar surface area (TPSA) is 65.4 Å². The van der Waals surface area contributed by atoms with Crippen LogP contribution < -0.4 is 14.8 Å². The van der Waals surface area contributed by atoms with Gasteiger partial charge in [0, 0.05) is 18.1 Å². The van der Waals surface area contributed by atoms with E-state index in [9.17, 15) is 4.79 Å². The van der Waals surface area contributed by atoms with E-state index < -0.39 is 0 Å². The molecular formula is C23H25N3O3S. The average molecular weight is 424 g/mol. The van der Waals surface area contributed by atoms with Crippen molar-refractivity contribution in [2.24, 2.45) is 0 Å². The molecular weight excluding hydrogens is 398 g/mol. The van der Waals surface area contributed by atoms with E-state index >= 15 is 0 Å². The number of imidazole rings is 1. The highest BCUT2D eigenvalue weighted by molar-refractivity contribution is 7.99. The summed E-state index contributed by atoms with van der Waals surface area (Å²) in [7, 11) is 0. The van der Waals surface area contributed by atoms with Crippen LogP contribution >= 0.6 is 11.8 Å². The van der Waals surface area contributed by atoms with Gasteiger partial charge < -0.3 is 14.8 Å². The molecule has 1 aliphatic heterocycles. The van der Waals surface area contributed by atoms with Gasteiger partial charge in [-0.2, -0.15) is 0 Å². The molecule has 6 nitrogen and oxygen atoms in total. The lowest BCUT2D eigenvalue weighted by atomic mass is 10.0. The van der Waals surface area contributed by atoms with Gasteiger partial charge in [-0.25, -0.2) is 4.98 Å². The number of amides is 1. The number of carbonyl (C=O) groups excluding carboxylic acids is 1. The Balaban J connectivity index is 1.36. The summed E-state index contributed by atoms with van der Waals surface area (Å²) in [5, 5.41) is 3.83. The maximum atomic E-state index is 12.5. The molecule has 2 heterocycles. The van der Waals surface area contributed by atoms with Gasteiger partial charge in [0.25, 0.3) is 0 Å². The molecule has 7 heteroatoms. The first-order valence-electron chi connectivity index (χ1n) is 9.96. The quantitative estimate of drug-likeness (QED) is 0.558. The highest BCUT2D eigenvalue weighted by Gasteiger charge is 2.17. The van der Waals surface area contributed by atoms with Gasteiger partial charge in [-0.15, -0.1) is 0 Å². The van der Waals surface area contributed by atoms with Crippen molar-refractivity contribution in [2.45, 2.75) is 37.9 Å². The number of hydrogen-bond acceptors (Lipinski definition) is 5. The van der Waals surface area contributed by atoms with E-state index in [1.54, 1.807) is 6.20 Å². The largest absolute Gasteiger partial charge is 0.454 e. The van der Waals surface area contributed by atoms with E-state index in [4.69, 9.17) is 9.47 Å². The molecule has 1 atom stereocenters. The van der Waals surface area contributed by atoms with Gasteiger partial charge in [0.2, 0.25) is 12.7 Å². The third kappa shape index (κ3) is 4.46. The van der Waals surface area contributed by atoms with Crippen molar-refractivity contribution in [3.05, 3.63) is 66.0 Å². The molecule has 0 spiro atoms. The fourth-order valence-corrected chi connectivity index (χ4v) is 4.08. The van der Waals surface area contributed by atoms with Gasteiger partial charge in [0.15, 0.2) is 16.7 Å². The van der Waals surface area contributed by atoms with Crippen LogP contribution in [-0.4, -0.2) is 28.0 Å². The Morgan fingerprint density at radius 2 is 1.83 bits per heavy atom. The molecule has 1 unspecified atom stereocenters. The number of thioether (sulfide) groups is 1. The van der Waals surface area contributed by atoms with Gasteiger partial charge >= 0.3 is 0 Å². The fraction of sp³-hybridized carbons (Fsp3) is 0.304. The molecule has 1 N–H and O–H groups in total. The van der Waals surface area contributed by atoms with Crippen LogP contribution in [0.2, 0.25) is 0 Å². The van der Waals surface area contributed by atoms with E-state index in [1.807, 2.05) is 35.9 Å². The SMILES string of the molecule is CC(C)c1ccc(-n2ccnc2SCC(=O)NC(C)c2ccc3c(c2)OCO3)cc1. The van der Waals surface area contributed by atoms with Gasteiger partial charge in [0.1, 0.15) is 0 Å². The van der Waals surface area contributed by atoms with Crippen molar-refractivity contribution >= 4 is 17.7 Å². The molecule has 0 aliphatic carbocycles. The summed E-state index contributed by atoms with van der Waals surface area (Å²) in [5.74, 6) is 2.19. The number of nitrogens with one attached hydrogen (secondary N) is 1. The molecule has 0 bridgehead atoms. The zero-order valence-corrected chi connectivity index (χ0v) is 18.1. The van der Waals surface area contributed by atoms with Crippen LogP contribution in [0.4, 0.5) is 0 Å². The van der Waals surface area contributed by atoms with Crippen LogP contribution in [0.5, 0.6) is 11.5 Å². The van der Waals surface area contributed by atoms with Crippen molar-refractivity contribution in [1.82, 2.24) is 14.9 Å². The van der Waals surface area contributed by atoms with Crippen molar-refractivity contribution < 1.29 is 14.3 Å². The zero-order valence-electron chi connectivity index (χ0n) is 17.3. The van der Waals surface area contributed by atoms with Crippen LogP contribution in [0, 0.1) is 0 Å². The van der Waals surface area contributed by atoms with Crippen molar-refractivity contribution in [3.8, 4) is 17.2 Å². The molecule has 156 valence electrons. The molecule has 0 saturated heterocycles. The number of aromatic nitrogens is 2. The highest BCUT2D eigenvalue weighted by Crippen LogP contribution is 2.34. The summed E-state index contributed by atoms with van der Waals surface area (Å²) < 4.78 is 12.8. The fourth-order valence-electron chi connectivity index (χ4n) is 3.29. The third-order valence-electron chi connectivity index (χ3n) is 5.05. The summed E-state index contributed by atoms with van der Waals surface area (Å²) in [6.45, 7) is 6.55. The second-order valence-corrected chi connectivity index (χ2v) is 8.46. The van der Waals surface area contributed by atoms with Crippen molar-refractivity contribution in [3.63, 3.8) is 0 Å². The molecule has 1 aliphatic rings. The average Bonchev–Trinajstić information content (AvgIpc) is 3.41.